The second kappa shape index (κ2) is 8.34. The number of hydrogen-bond donors (Lipinski definition) is 0. The third-order valence-corrected chi connectivity index (χ3v) is 2.91. The number of carbonyl (C=O) groups excluding carboxylic acids is 1. The smallest absolute Gasteiger partial charge is 0.305 e. The van der Waals surface area contributed by atoms with Crippen molar-refractivity contribution in [1.82, 2.24) is 4.90 Å². The van der Waals surface area contributed by atoms with Gasteiger partial charge in [-0.25, -0.2) is 0 Å². The summed E-state index contributed by atoms with van der Waals surface area (Å²) in [7, 11) is 0. The van der Waals surface area contributed by atoms with Crippen LogP contribution in [0.25, 0.3) is 0 Å². The molecule has 1 heterocycles. The lowest BCUT2D eigenvalue weighted by atomic mass is 10.1. The highest BCUT2D eigenvalue weighted by atomic mass is 16.5. The Morgan fingerprint density at radius 1 is 1.31 bits per heavy atom. The van der Waals surface area contributed by atoms with Gasteiger partial charge in [-0.3, -0.25) is 9.69 Å². The first-order valence-corrected chi connectivity index (χ1v) is 6.32. The SMILES string of the molecule is C=CCCCC(=O)OCCN1CCCCC1. The fraction of sp³-hybridized carbons (Fsp3) is 0.769. The Labute approximate surface area is 98.5 Å². The van der Waals surface area contributed by atoms with Gasteiger partial charge in [-0.1, -0.05) is 12.5 Å². The Hall–Kier alpha value is -0.830. The van der Waals surface area contributed by atoms with Crippen LogP contribution in [-0.2, 0) is 9.53 Å². The topological polar surface area (TPSA) is 29.5 Å². The predicted molar refractivity (Wildman–Crippen MR) is 65.3 cm³/mol. The summed E-state index contributed by atoms with van der Waals surface area (Å²) in [6, 6.07) is 0. The highest BCUT2D eigenvalue weighted by Crippen LogP contribution is 2.07. The minimum atomic E-state index is -0.0705. The number of hydrogen-bond acceptors (Lipinski definition) is 3. The Bertz CT molecular complexity index is 210. The first-order valence-electron chi connectivity index (χ1n) is 6.32. The monoisotopic (exact) mass is 225 g/mol. The molecule has 0 bridgehead atoms. The van der Waals surface area contributed by atoms with Crippen LogP contribution >= 0.6 is 0 Å². The van der Waals surface area contributed by atoms with Gasteiger partial charge in [0.15, 0.2) is 0 Å². The van der Waals surface area contributed by atoms with Crippen LogP contribution in [0.5, 0.6) is 0 Å². The van der Waals surface area contributed by atoms with Gasteiger partial charge in [0.1, 0.15) is 6.61 Å². The zero-order valence-electron chi connectivity index (χ0n) is 10.1. The van der Waals surface area contributed by atoms with Gasteiger partial charge in [-0.05, 0) is 38.8 Å². The fourth-order valence-electron chi connectivity index (χ4n) is 1.93. The summed E-state index contributed by atoms with van der Waals surface area (Å²) >= 11 is 0. The number of nitrogens with zero attached hydrogens (tertiary/aromatic N) is 1. The second-order valence-corrected chi connectivity index (χ2v) is 4.30. The Morgan fingerprint density at radius 2 is 2.06 bits per heavy atom. The van der Waals surface area contributed by atoms with E-state index >= 15 is 0 Å². The van der Waals surface area contributed by atoms with E-state index in [1.165, 1.54) is 19.3 Å². The highest BCUT2D eigenvalue weighted by molar-refractivity contribution is 5.69. The first-order chi connectivity index (χ1) is 7.83. The molecule has 0 spiro atoms. The number of unbranched alkanes of at least 4 members (excludes halogenated alkanes) is 1. The Balaban J connectivity index is 1.96. The van der Waals surface area contributed by atoms with Gasteiger partial charge in [-0.2, -0.15) is 0 Å². The quantitative estimate of drug-likeness (QED) is 0.378. The van der Waals surface area contributed by atoms with Crippen molar-refractivity contribution >= 4 is 5.97 Å². The molecular formula is C13H23NO2. The first kappa shape index (κ1) is 13.2. The van der Waals surface area contributed by atoms with E-state index < -0.39 is 0 Å². The largest absolute Gasteiger partial charge is 0.464 e. The molecule has 0 saturated carbocycles. The lowest BCUT2D eigenvalue weighted by Crippen LogP contribution is -2.33. The van der Waals surface area contributed by atoms with Crippen LogP contribution in [0.2, 0.25) is 0 Å². The summed E-state index contributed by atoms with van der Waals surface area (Å²) in [5, 5.41) is 0. The van der Waals surface area contributed by atoms with Gasteiger partial charge in [-0.15, -0.1) is 6.58 Å². The minimum absolute atomic E-state index is 0.0705. The van der Waals surface area contributed by atoms with Crippen molar-refractivity contribution in [3.8, 4) is 0 Å². The number of rotatable bonds is 7. The van der Waals surface area contributed by atoms with Crippen molar-refractivity contribution in [2.75, 3.05) is 26.2 Å². The standard InChI is InChI=1S/C13H23NO2/c1-2-3-5-8-13(15)16-12-11-14-9-6-4-7-10-14/h2H,1,3-12H2. The molecule has 0 aromatic carbocycles. The van der Waals surface area contributed by atoms with Crippen LogP contribution in [0.3, 0.4) is 0 Å². The third-order valence-electron chi connectivity index (χ3n) is 2.91. The average molecular weight is 225 g/mol. The van der Waals surface area contributed by atoms with E-state index in [1.807, 2.05) is 6.08 Å². The van der Waals surface area contributed by atoms with Gasteiger partial charge in [0.05, 0.1) is 0 Å². The fourth-order valence-corrected chi connectivity index (χ4v) is 1.93. The average Bonchev–Trinajstić information content (AvgIpc) is 2.31. The minimum Gasteiger partial charge on any atom is -0.464 e. The zero-order valence-corrected chi connectivity index (χ0v) is 10.1. The number of carbonyl (C=O) groups is 1. The molecule has 0 aliphatic carbocycles. The molecule has 3 nitrogen and oxygen atoms in total. The number of esters is 1. The summed E-state index contributed by atoms with van der Waals surface area (Å²) in [5.41, 5.74) is 0. The lowest BCUT2D eigenvalue weighted by molar-refractivity contribution is -0.144. The van der Waals surface area contributed by atoms with Gasteiger partial charge in [0.25, 0.3) is 0 Å². The molecular weight excluding hydrogens is 202 g/mol. The molecule has 1 saturated heterocycles. The summed E-state index contributed by atoms with van der Waals surface area (Å²) in [4.78, 5) is 13.7. The third kappa shape index (κ3) is 5.91. The molecule has 0 atom stereocenters. The van der Waals surface area contributed by atoms with E-state index in [9.17, 15) is 4.79 Å². The zero-order chi connectivity index (χ0) is 11.6. The Morgan fingerprint density at radius 3 is 2.75 bits per heavy atom. The van der Waals surface area contributed by atoms with Crippen LogP contribution in [-0.4, -0.2) is 37.1 Å². The summed E-state index contributed by atoms with van der Waals surface area (Å²) in [6.07, 6.45) is 8.01. The molecule has 1 rings (SSSR count). The van der Waals surface area contributed by atoms with E-state index in [1.54, 1.807) is 0 Å². The van der Waals surface area contributed by atoms with Crippen molar-refractivity contribution < 1.29 is 9.53 Å². The number of piperidine rings is 1. The predicted octanol–water partition coefficient (Wildman–Crippen LogP) is 2.37. The number of allylic oxidation sites excluding steroid dienone is 1. The number of likely N-dealkylation sites (tertiary alicyclic amines) is 1. The summed E-state index contributed by atoms with van der Waals surface area (Å²) < 4.78 is 5.18. The summed E-state index contributed by atoms with van der Waals surface area (Å²) in [6.45, 7) is 7.39. The lowest BCUT2D eigenvalue weighted by Gasteiger charge is -2.25. The van der Waals surface area contributed by atoms with Crippen molar-refractivity contribution in [2.24, 2.45) is 0 Å². The maximum Gasteiger partial charge on any atom is 0.305 e. The van der Waals surface area contributed by atoms with Crippen molar-refractivity contribution in [3.05, 3.63) is 12.7 Å². The normalized spacial score (nSPS) is 17.0. The van der Waals surface area contributed by atoms with Crippen LogP contribution < -0.4 is 0 Å². The number of ether oxygens (including phenoxy) is 1. The van der Waals surface area contributed by atoms with E-state index in [-0.39, 0.29) is 5.97 Å². The van der Waals surface area contributed by atoms with E-state index in [4.69, 9.17) is 4.74 Å². The molecule has 0 unspecified atom stereocenters. The van der Waals surface area contributed by atoms with E-state index in [0.29, 0.717) is 13.0 Å². The van der Waals surface area contributed by atoms with Gasteiger partial charge < -0.3 is 4.74 Å². The molecule has 0 amide bonds. The molecule has 1 fully saturated rings. The van der Waals surface area contributed by atoms with Gasteiger partial charge >= 0.3 is 5.97 Å². The van der Waals surface area contributed by atoms with Crippen molar-refractivity contribution in [3.63, 3.8) is 0 Å². The maximum atomic E-state index is 11.3. The van der Waals surface area contributed by atoms with Crippen molar-refractivity contribution in [1.29, 1.82) is 0 Å². The summed E-state index contributed by atoms with van der Waals surface area (Å²) in [5.74, 6) is -0.0705. The molecule has 3 heteroatoms. The Kier molecular flexibility index (Phi) is 6.90. The molecule has 92 valence electrons. The molecule has 0 aromatic rings. The van der Waals surface area contributed by atoms with Gasteiger partial charge in [0, 0.05) is 13.0 Å². The highest BCUT2D eigenvalue weighted by Gasteiger charge is 2.10. The maximum absolute atomic E-state index is 11.3. The van der Waals surface area contributed by atoms with E-state index in [2.05, 4.69) is 11.5 Å². The molecule has 1 aliphatic heterocycles. The molecule has 0 aromatic heterocycles. The van der Waals surface area contributed by atoms with Gasteiger partial charge in [0.2, 0.25) is 0 Å². The molecule has 1 aliphatic rings. The molecule has 0 radical (unpaired) electrons. The van der Waals surface area contributed by atoms with Crippen LogP contribution in [0.1, 0.15) is 38.5 Å². The van der Waals surface area contributed by atoms with Crippen LogP contribution in [0.4, 0.5) is 0 Å². The van der Waals surface area contributed by atoms with E-state index in [0.717, 1.165) is 32.5 Å². The second-order valence-electron chi connectivity index (χ2n) is 4.30. The van der Waals surface area contributed by atoms with Crippen LogP contribution in [0, 0.1) is 0 Å². The molecule has 0 N–H and O–H groups in total. The van der Waals surface area contributed by atoms with Crippen molar-refractivity contribution in [2.45, 2.75) is 38.5 Å². The molecule has 16 heavy (non-hydrogen) atoms. The van der Waals surface area contributed by atoms with Crippen LogP contribution in [0.15, 0.2) is 12.7 Å².